The summed E-state index contributed by atoms with van der Waals surface area (Å²) in [5.74, 6) is -0.805. The van der Waals surface area contributed by atoms with Crippen molar-refractivity contribution in [1.82, 2.24) is 0 Å². The van der Waals surface area contributed by atoms with Gasteiger partial charge in [-0.1, -0.05) is 46.6 Å². The lowest BCUT2D eigenvalue weighted by molar-refractivity contribution is -0.155. The number of carbonyl (C=O) groups excluding carboxylic acids is 4. The summed E-state index contributed by atoms with van der Waals surface area (Å²) >= 11 is 0. The fraction of sp³-hybridized carbons (Fsp3) is 0.655. The van der Waals surface area contributed by atoms with Crippen LogP contribution in [-0.4, -0.2) is 62.0 Å². The van der Waals surface area contributed by atoms with Crippen molar-refractivity contribution >= 4 is 24.4 Å². The van der Waals surface area contributed by atoms with Crippen molar-refractivity contribution in [3.63, 3.8) is 0 Å². The lowest BCUT2D eigenvalue weighted by Gasteiger charge is -2.23. The predicted molar refractivity (Wildman–Crippen MR) is 149 cm³/mol. The quantitative estimate of drug-likeness (QED) is 0.110. The molecule has 0 fully saturated rings. The number of esters is 1. The van der Waals surface area contributed by atoms with Crippen LogP contribution in [0.3, 0.4) is 0 Å². The summed E-state index contributed by atoms with van der Waals surface area (Å²) in [6, 6.07) is 3.25. The van der Waals surface area contributed by atoms with Crippen LogP contribution < -0.4 is 15.2 Å². The summed E-state index contributed by atoms with van der Waals surface area (Å²) in [5.41, 5.74) is 6.56. The van der Waals surface area contributed by atoms with Crippen LogP contribution in [0.15, 0.2) is 18.2 Å². The smallest absolute Gasteiger partial charge is 0.458 e. The second-order valence-corrected chi connectivity index (χ2v) is 9.98. The van der Waals surface area contributed by atoms with Gasteiger partial charge in [0, 0.05) is 0 Å². The molecule has 1 rings (SSSR count). The third-order valence-electron chi connectivity index (χ3n) is 6.05. The molecule has 0 aliphatic carbocycles. The summed E-state index contributed by atoms with van der Waals surface area (Å²) in [6.07, 6.45) is -1.75. The van der Waals surface area contributed by atoms with Crippen LogP contribution in [0.1, 0.15) is 79.7 Å². The van der Waals surface area contributed by atoms with E-state index < -0.39 is 42.7 Å². The minimum Gasteiger partial charge on any atom is -0.458 e. The lowest BCUT2D eigenvalue weighted by Crippen LogP contribution is -2.39. The van der Waals surface area contributed by atoms with E-state index in [2.05, 4.69) is 0 Å². The van der Waals surface area contributed by atoms with Crippen LogP contribution in [0.4, 0.5) is 14.4 Å². The van der Waals surface area contributed by atoms with Crippen LogP contribution in [-0.2, 0) is 34.9 Å². The number of benzene rings is 1. The molecule has 0 saturated heterocycles. The van der Waals surface area contributed by atoms with Crippen LogP contribution in [0, 0.1) is 5.92 Å². The van der Waals surface area contributed by atoms with E-state index in [1.165, 1.54) is 12.1 Å². The second kappa shape index (κ2) is 18.7. The maximum absolute atomic E-state index is 12.7. The molecule has 0 bridgehead atoms. The van der Waals surface area contributed by atoms with Gasteiger partial charge in [0.05, 0.1) is 13.2 Å². The number of ether oxygens (including phenoxy) is 7. The van der Waals surface area contributed by atoms with Crippen LogP contribution in [0.25, 0.3) is 0 Å². The number of hydrogen-bond donors (Lipinski definition) is 1. The zero-order valence-corrected chi connectivity index (χ0v) is 25.1. The first-order chi connectivity index (χ1) is 19.4. The molecular formula is C29H45NO11. The molecule has 0 amide bonds. The van der Waals surface area contributed by atoms with Crippen molar-refractivity contribution in [3.05, 3.63) is 23.8 Å². The van der Waals surface area contributed by atoms with Crippen molar-refractivity contribution < 1.29 is 52.3 Å². The molecular weight excluding hydrogens is 538 g/mol. The molecule has 0 aliphatic heterocycles. The Morgan fingerprint density at radius 2 is 1.22 bits per heavy atom. The summed E-state index contributed by atoms with van der Waals surface area (Å²) in [5, 5.41) is 0. The molecule has 12 nitrogen and oxygen atoms in total. The van der Waals surface area contributed by atoms with E-state index in [1.807, 2.05) is 27.7 Å². The first-order valence-corrected chi connectivity index (χ1v) is 14.0. The SMILES string of the molecule is CCCCOC(=O)Oc1ccc(C[C@H](N)C(=O)O[C@@H](C)[C@H](C)OC(=O)OC(C)C(C)C)cc1OC(=O)OCCCC. The predicted octanol–water partition coefficient (Wildman–Crippen LogP) is 5.71. The van der Waals surface area contributed by atoms with Gasteiger partial charge in [-0.15, -0.1) is 0 Å². The molecule has 1 unspecified atom stereocenters. The Labute approximate surface area is 242 Å². The summed E-state index contributed by atoms with van der Waals surface area (Å²) in [7, 11) is 0. The molecule has 0 saturated carbocycles. The highest BCUT2D eigenvalue weighted by Crippen LogP contribution is 2.30. The monoisotopic (exact) mass is 583 g/mol. The Morgan fingerprint density at radius 3 is 1.76 bits per heavy atom. The van der Waals surface area contributed by atoms with Gasteiger partial charge in [0.15, 0.2) is 11.5 Å². The molecule has 0 aromatic heterocycles. The second-order valence-electron chi connectivity index (χ2n) is 9.98. The van der Waals surface area contributed by atoms with Gasteiger partial charge in [-0.3, -0.25) is 4.79 Å². The Bertz CT molecular complexity index is 982. The fourth-order valence-electron chi connectivity index (χ4n) is 2.95. The first kappa shape index (κ1) is 35.5. The highest BCUT2D eigenvalue weighted by Gasteiger charge is 2.26. The van der Waals surface area contributed by atoms with E-state index in [0.717, 1.165) is 12.8 Å². The Balaban J connectivity index is 2.86. The maximum Gasteiger partial charge on any atom is 0.513 e. The molecule has 2 N–H and O–H groups in total. The largest absolute Gasteiger partial charge is 0.513 e. The van der Waals surface area contributed by atoms with Crippen molar-refractivity contribution in [2.45, 2.75) is 105 Å². The van der Waals surface area contributed by atoms with Crippen LogP contribution in [0.2, 0.25) is 0 Å². The molecule has 41 heavy (non-hydrogen) atoms. The average Bonchev–Trinajstić information content (AvgIpc) is 2.90. The normalized spacial score (nSPS) is 13.8. The Hall–Kier alpha value is -3.54. The molecule has 0 spiro atoms. The van der Waals surface area contributed by atoms with Gasteiger partial charge in [0.25, 0.3) is 0 Å². The van der Waals surface area contributed by atoms with E-state index in [4.69, 9.17) is 38.9 Å². The lowest BCUT2D eigenvalue weighted by atomic mass is 10.1. The van der Waals surface area contributed by atoms with Crippen molar-refractivity contribution in [3.8, 4) is 11.5 Å². The van der Waals surface area contributed by atoms with Gasteiger partial charge < -0.3 is 38.9 Å². The number of rotatable bonds is 16. The number of nitrogens with two attached hydrogens (primary N) is 1. The minimum absolute atomic E-state index is 0.00277. The van der Waals surface area contributed by atoms with Crippen LogP contribution in [0.5, 0.6) is 11.5 Å². The molecule has 232 valence electrons. The Kier molecular flexibility index (Phi) is 16.2. The standard InChI is InChI=1S/C29H45NO11/c1-8-10-14-35-27(32)40-24-13-12-22(17-25(24)41-28(33)36-15-11-9-2)16-23(30)26(31)37-20(6)21(7)39-29(34)38-19(5)18(3)4/h12-13,17-21,23H,8-11,14-16,30H2,1-7H3/t19?,20-,21-,23-/m0/s1. The molecule has 0 aliphatic rings. The topological polar surface area (TPSA) is 159 Å². The molecule has 0 radical (unpaired) electrons. The highest BCUT2D eigenvalue weighted by molar-refractivity contribution is 5.76. The van der Waals surface area contributed by atoms with Crippen molar-refractivity contribution in [2.75, 3.05) is 13.2 Å². The van der Waals surface area contributed by atoms with E-state index >= 15 is 0 Å². The van der Waals surface area contributed by atoms with E-state index in [0.29, 0.717) is 18.4 Å². The van der Waals surface area contributed by atoms with Gasteiger partial charge in [-0.05, 0) is 63.6 Å². The summed E-state index contributed by atoms with van der Waals surface area (Å²) in [4.78, 5) is 48.9. The zero-order valence-electron chi connectivity index (χ0n) is 25.1. The maximum atomic E-state index is 12.7. The van der Waals surface area contributed by atoms with E-state index in [-0.39, 0.29) is 43.2 Å². The van der Waals surface area contributed by atoms with Gasteiger partial charge >= 0.3 is 24.4 Å². The number of carbonyl (C=O) groups is 4. The molecule has 1 aromatic carbocycles. The molecule has 4 atom stereocenters. The summed E-state index contributed by atoms with van der Waals surface area (Å²) < 4.78 is 36.3. The van der Waals surface area contributed by atoms with Gasteiger partial charge in [-0.2, -0.15) is 0 Å². The Morgan fingerprint density at radius 1 is 0.707 bits per heavy atom. The number of hydrogen-bond acceptors (Lipinski definition) is 12. The third kappa shape index (κ3) is 14.1. The highest BCUT2D eigenvalue weighted by atomic mass is 16.8. The van der Waals surface area contributed by atoms with E-state index in [1.54, 1.807) is 26.8 Å². The summed E-state index contributed by atoms with van der Waals surface area (Å²) in [6.45, 7) is 12.9. The van der Waals surface area contributed by atoms with Crippen molar-refractivity contribution in [1.29, 1.82) is 0 Å². The van der Waals surface area contributed by atoms with Gasteiger partial charge in [-0.25, -0.2) is 14.4 Å². The van der Waals surface area contributed by atoms with Crippen molar-refractivity contribution in [2.24, 2.45) is 11.7 Å². The average molecular weight is 584 g/mol. The zero-order chi connectivity index (χ0) is 30.9. The van der Waals surface area contributed by atoms with Crippen LogP contribution >= 0.6 is 0 Å². The van der Waals surface area contributed by atoms with Gasteiger partial charge in [0.2, 0.25) is 0 Å². The first-order valence-electron chi connectivity index (χ1n) is 14.0. The van der Waals surface area contributed by atoms with Gasteiger partial charge in [0.1, 0.15) is 24.4 Å². The minimum atomic E-state index is -1.10. The molecule has 1 aromatic rings. The molecule has 0 heterocycles. The molecule has 12 heteroatoms. The number of unbranched alkanes of at least 4 members (excludes halogenated alkanes) is 2. The third-order valence-corrected chi connectivity index (χ3v) is 6.05. The van der Waals surface area contributed by atoms with E-state index in [9.17, 15) is 19.2 Å². The fourth-order valence-corrected chi connectivity index (χ4v) is 2.95.